The van der Waals surface area contributed by atoms with Gasteiger partial charge in [-0.15, -0.1) is 0 Å². The predicted octanol–water partition coefficient (Wildman–Crippen LogP) is 1.32. The van der Waals surface area contributed by atoms with E-state index in [1.807, 2.05) is 31.2 Å². The number of hydrogen-bond donors (Lipinski definition) is 1. The van der Waals surface area contributed by atoms with E-state index in [0.717, 1.165) is 5.69 Å². The Hall–Kier alpha value is -1.39. The maximum absolute atomic E-state index is 11.9. The highest BCUT2D eigenvalue weighted by Crippen LogP contribution is 2.15. The van der Waals surface area contributed by atoms with Gasteiger partial charge in [0.05, 0.1) is 12.5 Å². The Morgan fingerprint density at radius 3 is 2.47 bits per heavy atom. The predicted molar refractivity (Wildman–Crippen MR) is 69.1 cm³/mol. The third kappa shape index (κ3) is 3.84. The molecular weight excluding hydrogens is 216 g/mol. The Bertz CT molecular complexity index is 358. The number of carbonyl (C=O) groups is 1. The molecule has 0 aliphatic heterocycles. The van der Waals surface area contributed by atoms with Crippen LogP contribution in [-0.2, 0) is 9.53 Å². The van der Waals surface area contributed by atoms with Gasteiger partial charge >= 0.3 is 0 Å². The zero-order chi connectivity index (χ0) is 12.8. The van der Waals surface area contributed by atoms with E-state index in [1.54, 1.807) is 19.1 Å². The van der Waals surface area contributed by atoms with Crippen LogP contribution in [0.25, 0.3) is 0 Å². The Kier molecular flexibility index (Phi) is 5.12. The monoisotopic (exact) mass is 236 g/mol. The number of hydrogen-bond acceptors (Lipinski definition) is 3. The normalized spacial score (nSPS) is 12.2. The van der Waals surface area contributed by atoms with Crippen molar-refractivity contribution in [3.63, 3.8) is 0 Å². The minimum Gasteiger partial charge on any atom is -0.380 e. The number of aryl methyl sites for hydroxylation is 1. The third-order valence-corrected chi connectivity index (χ3v) is 2.79. The number of amides is 1. The molecule has 0 aliphatic carbocycles. The van der Waals surface area contributed by atoms with Crippen LogP contribution in [0.15, 0.2) is 24.3 Å². The molecule has 0 radical (unpaired) electrons. The van der Waals surface area contributed by atoms with E-state index in [1.165, 1.54) is 5.56 Å². The van der Waals surface area contributed by atoms with E-state index in [4.69, 9.17) is 10.5 Å². The highest BCUT2D eigenvalue weighted by Gasteiger charge is 2.16. The number of benzene rings is 1. The van der Waals surface area contributed by atoms with E-state index in [0.29, 0.717) is 13.0 Å². The average Bonchev–Trinajstić information content (AvgIpc) is 2.35. The summed E-state index contributed by atoms with van der Waals surface area (Å²) in [5, 5.41) is 0. The highest BCUT2D eigenvalue weighted by molar-refractivity contribution is 5.93. The molecule has 1 atom stereocenters. The van der Waals surface area contributed by atoms with Crippen LogP contribution < -0.4 is 10.6 Å². The summed E-state index contributed by atoms with van der Waals surface area (Å²) in [5.41, 5.74) is 7.55. The molecule has 0 spiro atoms. The summed E-state index contributed by atoms with van der Waals surface area (Å²) >= 11 is 0. The van der Waals surface area contributed by atoms with Crippen molar-refractivity contribution >= 4 is 11.6 Å². The van der Waals surface area contributed by atoms with Crippen LogP contribution in [0, 0.1) is 6.92 Å². The van der Waals surface area contributed by atoms with Crippen LogP contribution in [0.1, 0.15) is 12.0 Å². The summed E-state index contributed by atoms with van der Waals surface area (Å²) in [5.74, 6) is 0.00570. The van der Waals surface area contributed by atoms with E-state index >= 15 is 0 Å². The maximum Gasteiger partial charge on any atom is 0.229 e. The molecule has 0 aromatic heterocycles. The van der Waals surface area contributed by atoms with Crippen molar-refractivity contribution in [2.45, 2.75) is 19.4 Å². The lowest BCUT2D eigenvalue weighted by Crippen LogP contribution is -2.33. The lowest BCUT2D eigenvalue weighted by molar-refractivity contribution is -0.120. The summed E-state index contributed by atoms with van der Waals surface area (Å²) in [6.45, 7) is 2.37. The van der Waals surface area contributed by atoms with Crippen molar-refractivity contribution in [3.05, 3.63) is 29.8 Å². The van der Waals surface area contributed by atoms with Crippen molar-refractivity contribution in [2.24, 2.45) is 5.73 Å². The zero-order valence-corrected chi connectivity index (χ0v) is 10.6. The smallest absolute Gasteiger partial charge is 0.229 e. The van der Waals surface area contributed by atoms with Gasteiger partial charge in [0.1, 0.15) is 0 Å². The first kappa shape index (κ1) is 13.7. The first-order valence-electron chi connectivity index (χ1n) is 5.64. The molecular formula is C13H20N2O2. The number of anilines is 1. The molecule has 0 heterocycles. The molecule has 1 aromatic carbocycles. The number of ether oxygens (including phenoxy) is 1. The summed E-state index contributed by atoms with van der Waals surface area (Å²) in [7, 11) is 3.33. The van der Waals surface area contributed by atoms with E-state index in [9.17, 15) is 4.79 Å². The van der Waals surface area contributed by atoms with Gasteiger partial charge in [0.2, 0.25) is 5.91 Å². The van der Waals surface area contributed by atoms with Crippen molar-refractivity contribution in [2.75, 3.05) is 25.6 Å². The van der Waals surface area contributed by atoms with E-state index in [-0.39, 0.29) is 12.0 Å². The number of methoxy groups -OCH3 is 1. The minimum atomic E-state index is -0.213. The number of nitrogens with two attached hydrogens (primary N) is 1. The Labute approximate surface area is 102 Å². The molecule has 0 bridgehead atoms. The summed E-state index contributed by atoms with van der Waals surface area (Å²) < 4.78 is 5.10. The van der Waals surface area contributed by atoms with Crippen LogP contribution >= 0.6 is 0 Å². The molecule has 94 valence electrons. The van der Waals surface area contributed by atoms with Gasteiger partial charge in [-0.1, -0.05) is 17.7 Å². The minimum absolute atomic E-state index is 0.00570. The van der Waals surface area contributed by atoms with Gasteiger partial charge in [0.25, 0.3) is 0 Å². The van der Waals surface area contributed by atoms with Gasteiger partial charge in [0, 0.05) is 26.4 Å². The number of rotatable bonds is 5. The standard InChI is InChI=1S/C13H20N2O2/c1-10-4-6-11(7-5-10)15(2)13(16)8-12(9-14)17-3/h4-7,12H,8-9,14H2,1-3H3. The lowest BCUT2D eigenvalue weighted by atomic mass is 10.2. The van der Waals surface area contributed by atoms with Crippen LogP contribution in [0.4, 0.5) is 5.69 Å². The lowest BCUT2D eigenvalue weighted by Gasteiger charge is -2.20. The molecule has 4 nitrogen and oxygen atoms in total. The second kappa shape index (κ2) is 6.37. The Morgan fingerprint density at radius 2 is 2.00 bits per heavy atom. The van der Waals surface area contributed by atoms with Crippen molar-refractivity contribution in [1.29, 1.82) is 0 Å². The van der Waals surface area contributed by atoms with Gasteiger partial charge in [-0.2, -0.15) is 0 Å². The highest BCUT2D eigenvalue weighted by atomic mass is 16.5. The van der Waals surface area contributed by atoms with Crippen molar-refractivity contribution in [1.82, 2.24) is 0 Å². The molecule has 0 aliphatic rings. The van der Waals surface area contributed by atoms with Crippen LogP contribution in [0.3, 0.4) is 0 Å². The van der Waals surface area contributed by atoms with Crippen molar-refractivity contribution < 1.29 is 9.53 Å². The fraction of sp³-hybridized carbons (Fsp3) is 0.462. The Balaban J connectivity index is 2.66. The molecule has 0 fully saturated rings. The van der Waals surface area contributed by atoms with E-state index in [2.05, 4.69) is 0 Å². The largest absolute Gasteiger partial charge is 0.380 e. The fourth-order valence-corrected chi connectivity index (χ4v) is 1.51. The van der Waals surface area contributed by atoms with Crippen LogP contribution in [0.5, 0.6) is 0 Å². The maximum atomic E-state index is 11.9. The molecule has 2 N–H and O–H groups in total. The molecule has 1 amide bonds. The second-order valence-corrected chi connectivity index (χ2v) is 4.09. The third-order valence-electron chi connectivity index (χ3n) is 2.79. The average molecular weight is 236 g/mol. The van der Waals surface area contributed by atoms with Crippen LogP contribution in [0.2, 0.25) is 0 Å². The second-order valence-electron chi connectivity index (χ2n) is 4.09. The first-order chi connectivity index (χ1) is 8.08. The topological polar surface area (TPSA) is 55.6 Å². The van der Waals surface area contributed by atoms with E-state index < -0.39 is 0 Å². The number of carbonyl (C=O) groups excluding carboxylic acids is 1. The summed E-state index contributed by atoms with van der Waals surface area (Å²) in [6.07, 6.45) is 0.0904. The molecule has 0 saturated carbocycles. The Morgan fingerprint density at radius 1 is 1.41 bits per heavy atom. The molecule has 17 heavy (non-hydrogen) atoms. The van der Waals surface area contributed by atoms with Gasteiger partial charge in [-0.05, 0) is 19.1 Å². The van der Waals surface area contributed by atoms with Gasteiger partial charge in [-0.25, -0.2) is 0 Å². The SMILES string of the molecule is COC(CN)CC(=O)N(C)c1ccc(C)cc1. The molecule has 4 heteroatoms. The van der Waals surface area contributed by atoms with Crippen molar-refractivity contribution in [3.8, 4) is 0 Å². The fourth-order valence-electron chi connectivity index (χ4n) is 1.51. The molecule has 1 unspecified atom stereocenters. The molecule has 1 aromatic rings. The van der Waals surface area contributed by atoms with Gasteiger partial charge < -0.3 is 15.4 Å². The van der Waals surface area contributed by atoms with Crippen LogP contribution in [-0.4, -0.2) is 32.7 Å². The summed E-state index contributed by atoms with van der Waals surface area (Å²) in [6, 6.07) is 7.82. The summed E-state index contributed by atoms with van der Waals surface area (Å²) in [4.78, 5) is 13.6. The molecule has 0 saturated heterocycles. The first-order valence-corrected chi connectivity index (χ1v) is 5.64. The zero-order valence-electron chi connectivity index (χ0n) is 10.6. The van der Waals surface area contributed by atoms with Gasteiger partial charge in [-0.3, -0.25) is 4.79 Å². The van der Waals surface area contributed by atoms with Gasteiger partial charge in [0.15, 0.2) is 0 Å². The number of nitrogens with zero attached hydrogens (tertiary/aromatic N) is 1. The quantitative estimate of drug-likeness (QED) is 0.839. The molecule has 1 rings (SSSR count).